The van der Waals surface area contributed by atoms with Crippen molar-refractivity contribution in [2.45, 2.75) is 75.3 Å². The second kappa shape index (κ2) is 11.6. The second-order valence-corrected chi connectivity index (χ2v) is 18.6. The molecule has 0 heterocycles. The molecule has 34 heavy (non-hydrogen) atoms. The van der Waals surface area contributed by atoms with Crippen molar-refractivity contribution in [2.24, 2.45) is 0 Å². The summed E-state index contributed by atoms with van der Waals surface area (Å²) in [6.07, 6.45) is 4.76. The number of carbonyl (C=O) groups excluding carboxylic acids is 1. The van der Waals surface area contributed by atoms with E-state index in [9.17, 15) is 8.63 Å². The zero-order chi connectivity index (χ0) is 24.8. The predicted octanol–water partition coefficient (Wildman–Crippen LogP) is 5.72. The molecule has 0 saturated heterocycles. The van der Waals surface area contributed by atoms with Gasteiger partial charge in [-0.15, -0.1) is 0 Å². The van der Waals surface area contributed by atoms with Crippen LogP contribution < -0.4 is 9.78 Å². The first-order valence-electron chi connectivity index (χ1n) is 11.8. The molecule has 4 atom stereocenters. The number of carbonyl (C=O) groups is 1. The van der Waals surface area contributed by atoms with Gasteiger partial charge in [-0.1, -0.05) is 0 Å². The molecule has 1 aliphatic carbocycles. The van der Waals surface area contributed by atoms with E-state index in [0.717, 1.165) is 10.0 Å². The van der Waals surface area contributed by atoms with E-state index in [1.807, 2.05) is 60.7 Å². The van der Waals surface area contributed by atoms with Gasteiger partial charge in [0.05, 0.1) is 0 Å². The van der Waals surface area contributed by atoms with E-state index >= 15 is 0 Å². The number of hydrogen-bond donors (Lipinski definition) is 1. The van der Waals surface area contributed by atoms with Crippen LogP contribution in [0.3, 0.4) is 0 Å². The van der Waals surface area contributed by atoms with Crippen molar-refractivity contribution in [1.29, 1.82) is 0 Å². The summed E-state index contributed by atoms with van der Waals surface area (Å²) in [6, 6.07) is 19.1. The van der Waals surface area contributed by atoms with Crippen LogP contribution in [0.25, 0.3) is 0 Å². The summed E-state index contributed by atoms with van der Waals surface area (Å²) >= 11 is -2.35. The molecule has 7 heteroatoms. The molecule has 0 aromatic heterocycles. The Hall–Kier alpha value is -2.05. The van der Waals surface area contributed by atoms with Gasteiger partial charge in [0.25, 0.3) is 0 Å². The first kappa shape index (κ1) is 26.5. The van der Waals surface area contributed by atoms with Crippen LogP contribution in [0, 0.1) is 0 Å². The van der Waals surface area contributed by atoms with Crippen LogP contribution in [-0.4, -0.2) is 40.4 Å². The Bertz CT molecular complexity index is 989. The normalized spacial score (nSPS) is 22.0. The third-order valence-corrected chi connectivity index (χ3v) is 14.5. The molecule has 0 saturated carbocycles. The van der Waals surface area contributed by atoms with Crippen molar-refractivity contribution in [3.8, 4) is 0 Å². The molecule has 184 valence electrons. The third-order valence-electron chi connectivity index (χ3n) is 6.61. The fourth-order valence-corrected chi connectivity index (χ4v) is 7.90. The first-order valence-corrected chi connectivity index (χ1v) is 17.3. The number of alkyl carbamates (subject to hydrolysis) is 1. The molecule has 5 nitrogen and oxygen atoms in total. The predicted molar refractivity (Wildman–Crippen MR) is 140 cm³/mol. The molecular formula is C27H37NO4SeSi. The molecule has 1 unspecified atom stereocenters. The van der Waals surface area contributed by atoms with Crippen LogP contribution in [0.1, 0.15) is 39.2 Å². The summed E-state index contributed by atoms with van der Waals surface area (Å²) in [4.78, 5) is 12.5. The number of benzene rings is 2. The van der Waals surface area contributed by atoms with Crippen LogP contribution in [-0.2, 0) is 19.6 Å². The van der Waals surface area contributed by atoms with E-state index in [1.165, 1.54) is 0 Å². The van der Waals surface area contributed by atoms with Gasteiger partial charge < -0.3 is 0 Å². The Labute approximate surface area is 209 Å². The van der Waals surface area contributed by atoms with E-state index in [4.69, 9.17) is 9.16 Å². The fraction of sp³-hybridized carbons (Fsp3) is 0.444. The van der Waals surface area contributed by atoms with Gasteiger partial charge in [-0.2, -0.15) is 0 Å². The van der Waals surface area contributed by atoms with E-state index in [0.29, 0.717) is 12.8 Å². The van der Waals surface area contributed by atoms with Crippen LogP contribution in [0.4, 0.5) is 4.79 Å². The Balaban J connectivity index is 1.74. The minimum atomic E-state index is -2.35. The van der Waals surface area contributed by atoms with E-state index in [1.54, 1.807) is 0 Å². The van der Waals surface area contributed by atoms with Crippen molar-refractivity contribution < 1.29 is 17.8 Å². The molecular weight excluding hydrogens is 509 g/mol. The number of ether oxygens (including phenoxy) is 1. The number of hydrogen-bond acceptors (Lipinski definition) is 4. The number of nitrogens with one attached hydrogen (secondary N) is 1. The number of allylic oxidation sites excluding steroid dienone is 1. The second-order valence-electron chi connectivity index (χ2n) is 10.3. The van der Waals surface area contributed by atoms with Gasteiger partial charge in [0.2, 0.25) is 0 Å². The molecule has 2 aromatic rings. The van der Waals surface area contributed by atoms with Gasteiger partial charge >= 0.3 is 210 Å². The summed E-state index contributed by atoms with van der Waals surface area (Å²) in [5.74, 6) is 0. The van der Waals surface area contributed by atoms with E-state index < -0.39 is 28.2 Å². The summed E-state index contributed by atoms with van der Waals surface area (Å²) in [5, 5.41) is 3.11. The fourth-order valence-electron chi connectivity index (χ4n) is 3.64. The van der Waals surface area contributed by atoms with Gasteiger partial charge in [-0.05, 0) is 0 Å². The summed E-state index contributed by atoms with van der Waals surface area (Å²) in [5.41, 5.74) is 0.938. The van der Waals surface area contributed by atoms with Crippen molar-refractivity contribution >= 4 is 32.7 Å². The van der Waals surface area contributed by atoms with Crippen molar-refractivity contribution in [2.75, 3.05) is 0 Å². The summed E-state index contributed by atoms with van der Waals surface area (Å²) in [6.45, 7) is 11.3. The molecule has 0 bridgehead atoms. The van der Waals surface area contributed by atoms with E-state index in [-0.39, 0.29) is 28.6 Å². The molecule has 3 rings (SSSR count). The Morgan fingerprint density at radius 3 is 2.24 bits per heavy atom. The van der Waals surface area contributed by atoms with Crippen LogP contribution in [0.15, 0.2) is 72.8 Å². The monoisotopic (exact) mass is 547 g/mol. The standard InChI is InChI=1S/C27H37NO4SeSi/c1-27(2,3)34(4,5)32-23-16-17-25(33(30)24-14-10-7-11-15-24)19-22(18-23)28-26(29)31-20-21-12-8-6-9-13-21/h6-17,22-23,25H,18-20H2,1-5H3,(H,28,29)/t22-,23-,25-,33?/m0/s1. The van der Waals surface area contributed by atoms with E-state index in [2.05, 4.69) is 51.3 Å². The molecule has 1 aliphatic rings. The molecule has 0 spiro atoms. The molecule has 1 N–H and O–H groups in total. The quantitative estimate of drug-likeness (QED) is 0.356. The molecule has 2 aromatic carbocycles. The Kier molecular flexibility index (Phi) is 9.05. The van der Waals surface area contributed by atoms with Gasteiger partial charge in [-0.25, -0.2) is 0 Å². The van der Waals surface area contributed by atoms with Gasteiger partial charge in [0, 0.05) is 0 Å². The Morgan fingerprint density at radius 1 is 1.00 bits per heavy atom. The number of amides is 1. The summed E-state index contributed by atoms with van der Waals surface area (Å²) < 4.78 is 26.4. The average Bonchev–Trinajstić information content (AvgIpc) is 2.99. The van der Waals surface area contributed by atoms with Gasteiger partial charge in [-0.3, -0.25) is 0 Å². The van der Waals surface area contributed by atoms with Crippen molar-refractivity contribution in [3.05, 3.63) is 78.4 Å². The minimum absolute atomic E-state index is 0.0725. The zero-order valence-corrected chi connectivity index (χ0v) is 23.5. The van der Waals surface area contributed by atoms with Crippen molar-refractivity contribution in [1.82, 2.24) is 5.32 Å². The molecule has 1 amide bonds. The van der Waals surface area contributed by atoms with Crippen molar-refractivity contribution in [3.63, 3.8) is 0 Å². The maximum atomic E-state index is 13.4. The molecule has 0 aliphatic heterocycles. The van der Waals surface area contributed by atoms with Crippen LogP contribution in [0.2, 0.25) is 22.9 Å². The van der Waals surface area contributed by atoms with Crippen LogP contribution in [0.5, 0.6) is 0 Å². The number of rotatable bonds is 7. The van der Waals surface area contributed by atoms with Crippen LogP contribution >= 0.6 is 0 Å². The molecule has 0 radical (unpaired) electrons. The SMILES string of the molecule is CC(C)(C)[Si](C)(C)O[C@H]1C=C[C@H]([Se](=O)c2ccccc2)C[C@@H](NC(=O)OCc2ccccc2)C1. The zero-order valence-electron chi connectivity index (χ0n) is 20.8. The summed E-state index contributed by atoms with van der Waals surface area (Å²) in [7, 11) is -2.02. The maximum absolute atomic E-state index is 13.4. The molecule has 0 fully saturated rings. The first-order chi connectivity index (χ1) is 16.0. The topological polar surface area (TPSA) is 64.6 Å². The Morgan fingerprint density at radius 2 is 1.62 bits per heavy atom. The average molecular weight is 547 g/mol. The van der Waals surface area contributed by atoms with Gasteiger partial charge in [0.15, 0.2) is 0 Å². The van der Waals surface area contributed by atoms with Gasteiger partial charge in [0.1, 0.15) is 0 Å². The third kappa shape index (κ3) is 7.47.